The number of rotatable bonds is 6. The molecule has 9 heteroatoms. The van der Waals surface area contributed by atoms with Crippen molar-refractivity contribution in [3.63, 3.8) is 0 Å². The van der Waals surface area contributed by atoms with Gasteiger partial charge in [-0.25, -0.2) is 19.3 Å². The number of nitrogens with zero attached hydrogens (tertiary/aromatic N) is 5. The number of aliphatic hydroxyl groups excluding tert-OH is 1. The second kappa shape index (κ2) is 8.76. The van der Waals surface area contributed by atoms with Crippen molar-refractivity contribution < 1.29 is 5.11 Å². The van der Waals surface area contributed by atoms with E-state index in [9.17, 15) is 9.90 Å². The van der Waals surface area contributed by atoms with E-state index >= 15 is 0 Å². The molecule has 9 nitrogen and oxygen atoms in total. The molecule has 33 heavy (non-hydrogen) atoms. The van der Waals surface area contributed by atoms with Gasteiger partial charge in [-0.05, 0) is 62.2 Å². The smallest absolute Gasteiger partial charge is 0.278 e. The number of hydrogen-bond donors (Lipinski definition) is 3. The summed E-state index contributed by atoms with van der Waals surface area (Å²) in [7, 11) is 0. The summed E-state index contributed by atoms with van der Waals surface area (Å²) in [4.78, 5) is 27.0. The molecule has 4 heterocycles. The van der Waals surface area contributed by atoms with Gasteiger partial charge in [0.25, 0.3) is 5.56 Å². The number of aliphatic hydroxyl groups is 1. The van der Waals surface area contributed by atoms with E-state index in [1.54, 1.807) is 15.6 Å². The maximum absolute atomic E-state index is 13.2. The van der Waals surface area contributed by atoms with Crippen molar-refractivity contribution in [2.45, 2.75) is 39.3 Å². The van der Waals surface area contributed by atoms with Crippen LogP contribution in [0.15, 0.2) is 47.4 Å². The second-order valence-electron chi connectivity index (χ2n) is 8.48. The molecule has 0 radical (unpaired) electrons. The summed E-state index contributed by atoms with van der Waals surface area (Å²) in [5, 5.41) is 16.4. The lowest BCUT2D eigenvalue weighted by atomic mass is 10.0. The topological polar surface area (TPSA) is 110 Å². The fourth-order valence-electron chi connectivity index (χ4n) is 4.27. The highest BCUT2D eigenvalue weighted by Gasteiger charge is 2.20. The lowest BCUT2D eigenvalue weighted by Crippen LogP contribution is -2.24. The minimum absolute atomic E-state index is 0.00689. The van der Waals surface area contributed by atoms with E-state index in [0.717, 1.165) is 30.9 Å². The Kier molecular flexibility index (Phi) is 5.65. The summed E-state index contributed by atoms with van der Waals surface area (Å²) in [6, 6.07) is 11.7. The van der Waals surface area contributed by atoms with Crippen molar-refractivity contribution in [3.05, 3.63) is 69.8 Å². The summed E-state index contributed by atoms with van der Waals surface area (Å²) in [6.07, 6.45) is 2.99. The third-order valence-corrected chi connectivity index (χ3v) is 5.84. The number of benzene rings is 1. The third kappa shape index (κ3) is 4.01. The van der Waals surface area contributed by atoms with Crippen LogP contribution in [0.5, 0.6) is 0 Å². The highest BCUT2D eigenvalue weighted by Crippen LogP contribution is 2.23. The molecule has 0 saturated carbocycles. The maximum Gasteiger partial charge on any atom is 0.278 e. The van der Waals surface area contributed by atoms with Gasteiger partial charge >= 0.3 is 0 Å². The fourth-order valence-corrected chi connectivity index (χ4v) is 4.27. The molecule has 0 aliphatic carbocycles. The van der Waals surface area contributed by atoms with Crippen molar-refractivity contribution in [1.82, 2.24) is 29.6 Å². The molecule has 3 N–H and O–H groups in total. The van der Waals surface area contributed by atoms with Crippen LogP contribution in [0.2, 0.25) is 0 Å². The Morgan fingerprint density at radius 3 is 2.88 bits per heavy atom. The van der Waals surface area contributed by atoms with E-state index in [0.29, 0.717) is 29.2 Å². The molecule has 0 amide bonds. The van der Waals surface area contributed by atoms with Crippen molar-refractivity contribution in [3.8, 4) is 5.82 Å². The van der Waals surface area contributed by atoms with Gasteiger partial charge < -0.3 is 15.7 Å². The van der Waals surface area contributed by atoms with E-state index in [-0.39, 0.29) is 18.2 Å². The highest BCUT2D eigenvalue weighted by atomic mass is 16.3. The Morgan fingerprint density at radius 2 is 2.06 bits per heavy atom. The first kappa shape index (κ1) is 21.3. The Morgan fingerprint density at radius 1 is 1.18 bits per heavy atom. The molecule has 1 aromatic carbocycles. The zero-order valence-corrected chi connectivity index (χ0v) is 18.7. The van der Waals surface area contributed by atoms with E-state index in [1.165, 1.54) is 11.1 Å². The molecule has 4 aromatic rings. The number of aromatic nitrogens is 5. The number of nitrogens with one attached hydrogen (secondary N) is 2. The van der Waals surface area contributed by atoms with Gasteiger partial charge in [0.15, 0.2) is 11.5 Å². The van der Waals surface area contributed by atoms with Crippen LogP contribution >= 0.6 is 0 Å². The third-order valence-electron chi connectivity index (χ3n) is 5.84. The second-order valence-corrected chi connectivity index (χ2v) is 8.48. The number of pyridine rings is 1. The van der Waals surface area contributed by atoms with Crippen molar-refractivity contribution >= 4 is 22.7 Å². The predicted molar refractivity (Wildman–Crippen MR) is 127 cm³/mol. The molecule has 5 rings (SSSR count). The van der Waals surface area contributed by atoms with Crippen molar-refractivity contribution in [2.24, 2.45) is 0 Å². The summed E-state index contributed by atoms with van der Waals surface area (Å²) >= 11 is 0. The molecule has 170 valence electrons. The summed E-state index contributed by atoms with van der Waals surface area (Å²) in [5.74, 6) is 0.991. The summed E-state index contributed by atoms with van der Waals surface area (Å²) in [6.45, 7) is 5.75. The standard InChI is InChI=1S/C24H27N7O2/c1-15(2)30-23(33)20-14-26-24(28-19-7-6-17-13-25-10-8-16(17)12-19)29-22(20)31(30)21-5-3-4-18(27-21)9-11-32/h3-7,12,14-15,25,32H,8-11,13H2,1-2H3,(H,26,28,29). The van der Waals surface area contributed by atoms with E-state index in [1.807, 2.05) is 38.1 Å². The van der Waals surface area contributed by atoms with Gasteiger partial charge in [-0.2, -0.15) is 4.98 Å². The average Bonchev–Trinajstić information content (AvgIpc) is 3.11. The molecule has 0 fully saturated rings. The van der Waals surface area contributed by atoms with Gasteiger partial charge in [0.05, 0.1) is 0 Å². The molecule has 1 aliphatic heterocycles. The van der Waals surface area contributed by atoms with Crippen molar-refractivity contribution in [2.75, 3.05) is 18.5 Å². The molecule has 0 bridgehead atoms. The summed E-state index contributed by atoms with van der Waals surface area (Å²) in [5.41, 5.74) is 4.60. The Bertz CT molecular complexity index is 1370. The predicted octanol–water partition coefficient (Wildman–Crippen LogP) is 2.48. The first-order chi connectivity index (χ1) is 16.0. The van der Waals surface area contributed by atoms with Crippen LogP contribution in [-0.2, 0) is 19.4 Å². The fraction of sp³-hybridized carbons (Fsp3) is 0.333. The molecule has 3 aromatic heterocycles. The zero-order chi connectivity index (χ0) is 22.9. The zero-order valence-electron chi connectivity index (χ0n) is 18.7. The number of anilines is 2. The quantitative estimate of drug-likeness (QED) is 0.418. The van der Waals surface area contributed by atoms with Crippen LogP contribution < -0.4 is 16.2 Å². The van der Waals surface area contributed by atoms with Crippen LogP contribution in [0.4, 0.5) is 11.6 Å². The monoisotopic (exact) mass is 445 g/mol. The van der Waals surface area contributed by atoms with Crippen LogP contribution in [0.25, 0.3) is 16.9 Å². The van der Waals surface area contributed by atoms with Gasteiger partial charge in [-0.1, -0.05) is 12.1 Å². The first-order valence-corrected chi connectivity index (χ1v) is 11.2. The molecule has 0 spiro atoms. The normalized spacial score (nSPS) is 13.5. The lowest BCUT2D eigenvalue weighted by Gasteiger charge is -2.18. The minimum Gasteiger partial charge on any atom is -0.396 e. The largest absolute Gasteiger partial charge is 0.396 e. The van der Waals surface area contributed by atoms with Crippen LogP contribution in [-0.4, -0.2) is 42.6 Å². The molecule has 0 atom stereocenters. The molecular weight excluding hydrogens is 418 g/mol. The van der Waals surface area contributed by atoms with E-state index in [2.05, 4.69) is 32.7 Å². The molecule has 1 aliphatic rings. The van der Waals surface area contributed by atoms with E-state index < -0.39 is 0 Å². The first-order valence-electron chi connectivity index (χ1n) is 11.2. The van der Waals surface area contributed by atoms with Crippen LogP contribution in [0.1, 0.15) is 36.7 Å². The average molecular weight is 446 g/mol. The SMILES string of the molecule is CC(C)n1c(=O)c2cnc(Nc3ccc4c(c3)CCNC4)nc2n1-c1cccc(CCO)n1. The van der Waals surface area contributed by atoms with Crippen LogP contribution in [0, 0.1) is 0 Å². The Hall–Kier alpha value is -3.56. The van der Waals surface area contributed by atoms with Gasteiger partial charge in [-0.15, -0.1) is 0 Å². The molecular formula is C24H27N7O2. The van der Waals surface area contributed by atoms with Crippen molar-refractivity contribution in [1.29, 1.82) is 0 Å². The Balaban J connectivity index is 1.61. The molecule has 0 saturated heterocycles. The lowest BCUT2D eigenvalue weighted by molar-refractivity contribution is 0.298. The van der Waals surface area contributed by atoms with Gasteiger partial charge in [0.2, 0.25) is 5.95 Å². The minimum atomic E-state index is -0.165. The number of fused-ring (bicyclic) bond motifs is 2. The molecule has 0 unspecified atom stereocenters. The maximum atomic E-state index is 13.2. The van der Waals surface area contributed by atoms with Gasteiger partial charge in [0, 0.05) is 43.2 Å². The number of hydrogen-bond acceptors (Lipinski definition) is 7. The van der Waals surface area contributed by atoms with Gasteiger partial charge in [-0.3, -0.25) is 4.79 Å². The summed E-state index contributed by atoms with van der Waals surface area (Å²) < 4.78 is 3.38. The van der Waals surface area contributed by atoms with Gasteiger partial charge in [0.1, 0.15) is 5.39 Å². The Labute approximate surface area is 191 Å². The highest BCUT2D eigenvalue weighted by molar-refractivity contribution is 5.77. The van der Waals surface area contributed by atoms with Crippen LogP contribution in [0.3, 0.4) is 0 Å². The van der Waals surface area contributed by atoms with E-state index in [4.69, 9.17) is 4.98 Å².